The zero-order valence-corrected chi connectivity index (χ0v) is 22.4. The highest BCUT2D eigenvalue weighted by Crippen LogP contribution is 2.28. The molecule has 2 N–H and O–H groups in total. The maximum atomic E-state index is 12.8. The van der Waals surface area contributed by atoms with Gasteiger partial charge in [-0.05, 0) is 66.2 Å². The van der Waals surface area contributed by atoms with Crippen molar-refractivity contribution in [2.75, 3.05) is 36.4 Å². The number of amides is 2. The van der Waals surface area contributed by atoms with Crippen LogP contribution in [0, 0.1) is 0 Å². The molecule has 2 amide bonds. The smallest absolute Gasteiger partial charge is 0.321 e. The Morgan fingerprint density at radius 2 is 1.52 bits per heavy atom. The molecule has 1 saturated heterocycles. The first kappa shape index (κ1) is 25.6. The molecule has 9 nitrogen and oxygen atoms in total. The topological polar surface area (TPSA) is 95.8 Å². The Morgan fingerprint density at radius 1 is 0.850 bits per heavy atom. The molecule has 10 heteroatoms. The van der Waals surface area contributed by atoms with E-state index in [4.69, 9.17) is 4.74 Å². The van der Waals surface area contributed by atoms with E-state index in [0.29, 0.717) is 43.3 Å². The summed E-state index contributed by atoms with van der Waals surface area (Å²) in [5, 5.41) is 14.6. The Balaban J connectivity index is 1.01. The summed E-state index contributed by atoms with van der Waals surface area (Å²) >= 11 is 1.26. The average Bonchev–Trinajstić information content (AvgIpc) is 3.72. The highest BCUT2D eigenvalue weighted by molar-refractivity contribution is 7.09. The molecule has 5 aromatic rings. The van der Waals surface area contributed by atoms with E-state index < -0.39 is 6.10 Å². The summed E-state index contributed by atoms with van der Waals surface area (Å²) in [7, 11) is 0. The summed E-state index contributed by atoms with van der Waals surface area (Å²) in [6.07, 6.45) is 3.02. The molecule has 202 valence electrons. The lowest BCUT2D eigenvalue weighted by molar-refractivity contribution is 0.208. The number of carbonyl (C=O) groups is 1. The van der Waals surface area contributed by atoms with Crippen LogP contribution in [0.15, 0.2) is 103 Å². The van der Waals surface area contributed by atoms with E-state index in [0.717, 1.165) is 22.3 Å². The largest absolute Gasteiger partial charge is 0.457 e. The highest BCUT2D eigenvalue weighted by atomic mass is 32.1. The van der Waals surface area contributed by atoms with Gasteiger partial charge in [-0.1, -0.05) is 30.3 Å². The summed E-state index contributed by atoms with van der Waals surface area (Å²) in [5.74, 6) is 1.80. The quantitative estimate of drug-likeness (QED) is 0.275. The molecule has 40 heavy (non-hydrogen) atoms. The van der Waals surface area contributed by atoms with E-state index >= 15 is 0 Å². The van der Waals surface area contributed by atoms with Crippen LogP contribution in [-0.2, 0) is 0 Å². The maximum absolute atomic E-state index is 12.8. The van der Waals surface area contributed by atoms with E-state index in [1.54, 1.807) is 4.90 Å². The lowest BCUT2D eigenvalue weighted by Crippen LogP contribution is -2.50. The van der Waals surface area contributed by atoms with Crippen LogP contribution in [0.25, 0.3) is 5.69 Å². The molecule has 1 aliphatic heterocycles. The molecule has 2 aromatic heterocycles. The number of benzene rings is 3. The third-order valence-corrected chi connectivity index (χ3v) is 7.50. The SMILES string of the molecule is O=C(Nc1ccc(-n2cccc2)cc1)N1CCN(c2nc(C(O)c3ccc(Oc4ccccc4)cc3)ns2)CC1. The molecule has 0 saturated carbocycles. The Morgan fingerprint density at radius 3 is 2.23 bits per heavy atom. The molecule has 1 unspecified atom stereocenters. The van der Waals surface area contributed by atoms with Gasteiger partial charge in [0.2, 0.25) is 5.13 Å². The van der Waals surface area contributed by atoms with Crippen molar-refractivity contribution in [2.24, 2.45) is 0 Å². The number of ether oxygens (including phenoxy) is 1. The number of piperazine rings is 1. The van der Waals surface area contributed by atoms with Gasteiger partial charge >= 0.3 is 6.03 Å². The van der Waals surface area contributed by atoms with Crippen LogP contribution in [0.4, 0.5) is 15.6 Å². The standard InChI is InChI=1S/C30H28N6O3S/c37-27(22-8-14-26(15-9-22)39-25-6-2-1-3-7-25)28-32-30(40-33-28)36-20-18-35(19-21-36)29(38)31-23-10-12-24(13-11-23)34-16-4-5-17-34/h1-17,27,37H,18-21H2,(H,31,38). The van der Waals surface area contributed by atoms with Crippen molar-refractivity contribution in [2.45, 2.75) is 6.10 Å². The van der Waals surface area contributed by atoms with Crippen molar-refractivity contribution in [3.63, 3.8) is 0 Å². The number of aliphatic hydroxyl groups is 1. The maximum Gasteiger partial charge on any atom is 0.321 e. The molecule has 1 fully saturated rings. The zero-order chi connectivity index (χ0) is 27.3. The minimum Gasteiger partial charge on any atom is -0.457 e. The molecule has 0 radical (unpaired) electrons. The first-order valence-electron chi connectivity index (χ1n) is 13.0. The molecule has 0 spiro atoms. The fraction of sp³-hybridized carbons (Fsp3) is 0.167. The van der Waals surface area contributed by atoms with Crippen molar-refractivity contribution >= 4 is 28.4 Å². The van der Waals surface area contributed by atoms with Crippen LogP contribution in [0.2, 0.25) is 0 Å². The molecular weight excluding hydrogens is 524 g/mol. The van der Waals surface area contributed by atoms with Gasteiger partial charge in [0.15, 0.2) is 5.82 Å². The number of carbonyl (C=O) groups excluding carboxylic acids is 1. The van der Waals surface area contributed by atoms with E-state index in [1.165, 1.54) is 11.5 Å². The molecular formula is C30H28N6O3S. The number of aliphatic hydroxyl groups excluding tert-OH is 1. The Kier molecular flexibility index (Phi) is 7.43. The number of rotatable bonds is 7. The van der Waals surface area contributed by atoms with Crippen LogP contribution >= 0.6 is 11.5 Å². The van der Waals surface area contributed by atoms with Crippen molar-refractivity contribution in [1.29, 1.82) is 0 Å². The van der Waals surface area contributed by atoms with E-state index in [1.807, 2.05) is 108 Å². The lowest BCUT2D eigenvalue weighted by atomic mass is 10.1. The van der Waals surface area contributed by atoms with Crippen LogP contribution < -0.4 is 15.0 Å². The van der Waals surface area contributed by atoms with Gasteiger partial charge in [0.25, 0.3) is 0 Å². The summed E-state index contributed by atoms with van der Waals surface area (Å²) < 4.78 is 12.2. The number of para-hydroxylation sites is 1. The molecule has 3 aromatic carbocycles. The van der Waals surface area contributed by atoms with Gasteiger partial charge in [-0.15, -0.1) is 0 Å². The number of urea groups is 1. The number of anilines is 2. The minimum absolute atomic E-state index is 0.124. The summed E-state index contributed by atoms with van der Waals surface area (Å²) in [6, 6.07) is 28.4. The zero-order valence-electron chi connectivity index (χ0n) is 21.6. The van der Waals surface area contributed by atoms with Crippen LogP contribution in [0.5, 0.6) is 11.5 Å². The van der Waals surface area contributed by atoms with Crippen molar-refractivity contribution in [1.82, 2.24) is 18.8 Å². The first-order valence-corrected chi connectivity index (χ1v) is 13.8. The predicted molar refractivity (Wildman–Crippen MR) is 156 cm³/mol. The normalized spacial score (nSPS) is 14.1. The number of hydrogen-bond acceptors (Lipinski definition) is 7. The van der Waals surface area contributed by atoms with Gasteiger partial charge in [-0.2, -0.15) is 4.37 Å². The number of aromatic nitrogens is 3. The lowest BCUT2D eigenvalue weighted by Gasteiger charge is -2.34. The van der Waals surface area contributed by atoms with Crippen molar-refractivity contribution in [3.8, 4) is 17.2 Å². The fourth-order valence-electron chi connectivity index (χ4n) is 4.48. The number of nitrogens with one attached hydrogen (secondary N) is 1. The summed E-state index contributed by atoms with van der Waals surface area (Å²) in [6.45, 7) is 2.40. The molecule has 1 aliphatic rings. The monoisotopic (exact) mass is 552 g/mol. The van der Waals surface area contributed by atoms with Gasteiger partial charge in [-0.3, -0.25) is 0 Å². The minimum atomic E-state index is -0.938. The van der Waals surface area contributed by atoms with Crippen LogP contribution in [-0.4, -0.2) is 56.1 Å². The van der Waals surface area contributed by atoms with E-state index in [-0.39, 0.29) is 6.03 Å². The second-order valence-electron chi connectivity index (χ2n) is 9.36. The number of nitrogens with zero attached hydrogens (tertiary/aromatic N) is 5. The fourth-order valence-corrected chi connectivity index (χ4v) is 5.23. The molecule has 1 atom stereocenters. The van der Waals surface area contributed by atoms with Crippen molar-refractivity contribution in [3.05, 3.63) is 115 Å². The summed E-state index contributed by atoms with van der Waals surface area (Å²) in [4.78, 5) is 21.3. The Labute approximate surface area is 236 Å². The predicted octanol–water partition coefficient (Wildman–Crippen LogP) is 5.56. The third-order valence-electron chi connectivity index (χ3n) is 6.71. The average molecular weight is 553 g/mol. The Hall–Kier alpha value is -4.67. The second-order valence-corrected chi connectivity index (χ2v) is 10.1. The first-order chi connectivity index (χ1) is 19.6. The molecule has 0 aliphatic carbocycles. The number of hydrogen-bond donors (Lipinski definition) is 2. The van der Waals surface area contributed by atoms with E-state index in [9.17, 15) is 9.90 Å². The second kappa shape index (κ2) is 11.6. The molecule has 0 bridgehead atoms. The van der Waals surface area contributed by atoms with Gasteiger partial charge in [0.1, 0.15) is 17.6 Å². The van der Waals surface area contributed by atoms with Crippen molar-refractivity contribution < 1.29 is 14.6 Å². The van der Waals surface area contributed by atoms with Crippen LogP contribution in [0.3, 0.4) is 0 Å². The summed E-state index contributed by atoms with van der Waals surface area (Å²) in [5.41, 5.74) is 2.48. The third kappa shape index (κ3) is 5.83. The molecule has 3 heterocycles. The molecule has 6 rings (SSSR count). The van der Waals surface area contributed by atoms with Gasteiger partial charge in [0.05, 0.1) is 0 Å². The van der Waals surface area contributed by atoms with E-state index in [2.05, 4.69) is 19.6 Å². The van der Waals surface area contributed by atoms with Crippen LogP contribution in [0.1, 0.15) is 17.5 Å². The highest BCUT2D eigenvalue weighted by Gasteiger charge is 2.25. The Bertz CT molecular complexity index is 1530. The van der Waals surface area contributed by atoms with Gasteiger partial charge < -0.3 is 29.5 Å². The van der Waals surface area contributed by atoms with Gasteiger partial charge in [-0.25, -0.2) is 9.78 Å². The van der Waals surface area contributed by atoms with Gasteiger partial charge in [0, 0.05) is 61.5 Å².